The van der Waals surface area contributed by atoms with E-state index in [9.17, 15) is 5.11 Å². The molecule has 0 bridgehead atoms. The molecular formula is C23H31NO2. The normalized spacial score (nSPS) is 24.0. The molecule has 0 aliphatic carbocycles. The van der Waals surface area contributed by atoms with Crippen molar-refractivity contribution in [1.82, 2.24) is 0 Å². The van der Waals surface area contributed by atoms with Crippen LogP contribution in [0.3, 0.4) is 0 Å². The van der Waals surface area contributed by atoms with Crippen LogP contribution in [-0.4, -0.2) is 11.7 Å². The molecule has 1 fully saturated rings. The van der Waals surface area contributed by atoms with Gasteiger partial charge in [0.2, 0.25) is 0 Å². The van der Waals surface area contributed by atoms with Crippen molar-refractivity contribution in [3.05, 3.63) is 59.2 Å². The highest BCUT2D eigenvalue weighted by molar-refractivity contribution is 5.59. The Kier molecular flexibility index (Phi) is 5.87. The molecule has 0 radical (unpaired) electrons. The van der Waals surface area contributed by atoms with E-state index in [0.717, 1.165) is 30.7 Å². The molecule has 2 heterocycles. The van der Waals surface area contributed by atoms with Gasteiger partial charge in [-0.15, -0.1) is 0 Å². The van der Waals surface area contributed by atoms with Gasteiger partial charge in [0, 0.05) is 23.8 Å². The average molecular weight is 354 g/mol. The van der Waals surface area contributed by atoms with Gasteiger partial charge >= 0.3 is 0 Å². The lowest BCUT2D eigenvalue weighted by Gasteiger charge is -2.43. The molecule has 3 nitrogen and oxygen atoms in total. The molecule has 2 unspecified atom stereocenters. The standard InChI is InChI=1S/C21H25NO2.C2H6/c1-13(2)14-8-9-19-18(12-14)21-17(7-4-10-24-21)20(22-19)15-5-3-6-16(23)11-15;1-2/h3,5-6,8-9,11-13,17,20-23H,4,7,10H2,1-2H3;1-2H3/t17?,20-,21?;/m0./s1. The predicted octanol–water partition coefficient (Wildman–Crippen LogP) is 6.18. The third-order valence-corrected chi connectivity index (χ3v) is 5.39. The van der Waals surface area contributed by atoms with E-state index in [4.69, 9.17) is 4.74 Å². The van der Waals surface area contributed by atoms with Crippen LogP contribution in [0, 0.1) is 5.92 Å². The molecule has 1 saturated heterocycles. The van der Waals surface area contributed by atoms with Crippen LogP contribution in [0.4, 0.5) is 5.69 Å². The smallest absolute Gasteiger partial charge is 0.115 e. The molecule has 0 spiro atoms. The van der Waals surface area contributed by atoms with Crippen LogP contribution < -0.4 is 5.32 Å². The Morgan fingerprint density at radius 2 is 1.92 bits per heavy atom. The van der Waals surface area contributed by atoms with E-state index in [1.54, 1.807) is 6.07 Å². The number of phenolic OH excluding ortho intramolecular Hbond substituents is 1. The lowest BCUT2D eigenvalue weighted by molar-refractivity contribution is -0.0382. The van der Waals surface area contributed by atoms with Crippen molar-refractivity contribution in [2.24, 2.45) is 5.92 Å². The largest absolute Gasteiger partial charge is 0.508 e. The number of hydrogen-bond donors (Lipinski definition) is 2. The SMILES string of the molecule is CC.CC(C)c1ccc2c(c1)C1OCCCC1[C@H](c1cccc(O)c1)N2. The van der Waals surface area contributed by atoms with Crippen molar-refractivity contribution in [2.75, 3.05) is 11.9 Å². The number of hydrogen-bond acceptors (Lipinski definition) is 3. The van der Waals surface area contributed by atoms with E-state index in [1.807, 2.05) is 26.0 Å². The summed E-state index contributed by atoms with van der Waals surface area (Å²) in [5.74, 6) is 1.24. The van der Waals surface area contributed by atoms with Crippen molar-refractivity contribution in [1.29, 1.82) is 0 Å². The van der Waals surface area contributed by atoms with Crippen LogP contribution in [0.1, 0.15) is 75.3 Å². The van der Waals surface area contributed by atoms with Crippen LogP contribution in [0.15, 0.2) is 42.5 Å². The molecule has 2 aliphatic heterocycles. The molecule has 0 aromatic heterocycles. The first kappa shape index (κ1) is 18.8. The maximum Gasteiger partial charge on any atom is 0.115 e. The van der Waals surface area contributed by atoms with Gasteiger partial charge in [-0.3, -0.25) is 0 Å². The van der Waals surface area contributed by atoms with Gasteiger partial charge in [0.1, 0.15) is 5.75 Å². The van der Waals surface area contributed by atoms with Gasteiger partial charge in [-0.1, -0.05) is 52.0 Å². The Morgan fingerprint density at radius 1 is 1.12 bits per heavy atom. The van der Waals surface area contributed by atoms with Gasteiger partial charge in [-0.25, -0.2) is 0 Å². The first-order valence-corrected chi connectivity index (χ1v) is 9.94. The molecule has 2 aromatic carbocycles. The van der Waals surface area contributed by atoms with E-state index >= 15 is 0 Å². The van der Waals surface area contributed by atoms with Gasteiger partial charge in [0.05, 0.1) is 12.1 Å². The molecule has 2 aliphatic rings. The van der Waals surface area contributed by atoms with Crippen LogP contribution in [0.5, 0.6) is 5.75 Å². The Bertz CT molecular complexity index is 741. The Labute approximate surface area is 157 Å². The Balaban J connectivity index is 0.000000948. The number of fused-ring (bicyclic) bond motifs is 3. The van der Waals surface area contributed by atoms with Crippen molar-refractivity contribution >= 4 is 5.69 Å². The van der Waals surface area contributed by atoms with Crippen LogP contribution in [-0.2, 0) is 4.74 Å². The minimum absolute atomic E-state index is 0.140. The lowest BCUT2D eigenvalue weighted by atomic mass is 9.77. The Morgan fingerprint density at radius 3 is 2.65 bits per heavy atom. The molecule has 0 saturated carbocycles. The predicted molar refractivity (Wildman–Crippen MR) is 108 cm³/mol. The molecule has 140 valence electrons. The molecule has 0 amide bonds. The van der Waals surface area contributed by atoms with Gasteiger partial charge in [-0.05, 0) is 48.1 Å². The van der Waals surface area contributed by atoms with Crippen LogP contribution in [0.25, 0.3) is 0 Å². The number of benzene rings is 2. The molecule has 2 N–H and O–H groups in total. The van der Waals surface area contributed by atoms with Crippen molar-refractivity contribution in [3.8, 4) is 5.75 Å². The quantitative estimate of drug-likeness (QED) is 0.678. The van der Waals surface area contributed by atoms with Crippen LogP contribution in [0.2, 0.25) is 0 Å². The highest BCUT2D eigenvalue weighted by Gasteiger charge is 2.39. The number of aromatic hydroxyl groups is 1. The number of anilines is 1. The summed E-state index contributed by atoms with van der Waals surface area (Å²) in [6, 6.07) is 14.5. The van der Waals surface area contributed by atoms with E-state index in [0.29, 0.717) is 17.6 Å². The molecule has 3 heteroatoms. The molecular weight excluding hydrogens is 322 g/mol. The number of rotatable bonds is 2. The second kappa shape index (κ2) is 8.13. The first-order valence-electron chi connectivity index (χ1n) is 9.94. The number of phenols is 1. The number of nitrogens with one attached hydrogen (secondary N) is 1. The van der Waals surface area contributed by atoms with Crippen molar-refractivity contribution in [2.45, 2.75) is 58.6 Å². The summed E-state index contributed by atoms with van der Waals surface area (Å²) in [7, 11) is 0. The minimum Gasteiger partial charge on any atom is -0.508 e. The third-order valence-electron chi connectivity index (χ3n) is 5.39. The second-order valence-corrected chi connectivity index (χ2v) is 7.32. The van der Waals surface area contributed by atoms with Gasteiger partial charge in [-0.2, -0.15) is 0 Å². The maximum absolute atomic E-state index is 9.87. The fraction of sp³-hybridized carbons (Fsp3) is 0.478. The topological polar surface area (TPSA) is 41.5 Å². The van der Waals surface area contributed by atoms with E-state index in [1.165, 1.54) is 11.1 Å². The van der Waals surface area contributed by atoms with E-state index in [2.05, 4.69) is 43.4 Å². The number of ether oxygens (including phenoxy) is 1. The van der Waals surface area contributed by atoms with Crippen molar-refractivity contribution in [3.63, 3.8) is 0 Å². The monoisotopic (exact) mass is 353 g/mol. The highest BCUT2D eigenvalue weighted by atomic mass is 16.5. The van der Waals surface area contributed by atoms with E-state index in [-0.39, 0.29) is 12.1 Å². The van der Waals surface area contributed by atoms with Gasteiger partial charge in [0.25, 0.3) is 0 Å². The summed E-state index contributed by atoms with van der Waals surface area (Å²) < 4.78 is 6.22. The van der Waals surface area contributed by atoms with Crippen molar-refractivity contribution < 1.29 is 9.84 Å². The summed E-state index contributed by atoms with van der Waals surface area (Å²) in [6.07, 6.45) is 2.38. The summed E-state index contributed by atoms with van der Waals surface area (Å²) in [5, 5.41) is 13.6. The zero-order chi connectivity index (χ0) is 18.7. The fourth-order valence-corrected chi connectivity index (χ4v) is 4.10. The van der Waals surface area contributed by atoms with E-state index < -0.39 is 0 Å². The first-order chi connectivity index (χ1) is 12.6. The molecule has 2 aromatic rings. The summed E-state index contributed by atoms with van der Waals surface area (Å²) in [6.45, 7) is 9.29. The third kappa shape index (κ3) is 3.59. The molecule has 3 atom stereocenters. The average Bonchev–Trinajstić information content (AvgIpc) is 2.68. The lowest BCUT2D eigenvalue weighted by Crippen LogP contribution is -2.36. The van der Waals surface area contributed by atoms with Gasteiger partial charge < -0.3 is 15.2 Å². The molecule has 4 rings (SSSR count). The summed E-state index contributed by atoms with van der Waals surface area (Å²) in [5.41, 5.74) is 4.95. The van der Waals surface area contributed by atoms with Crippen LogP contribution >= 0.6 is 0 Å². The zero-order valence-corrected chi connectivity index (χ0v) is 16.3. The minimum atomic E-state index is 0.140. The summed E-state index contributed by atoms with van der Waals surface area (Å²) >= 11 is 0. The van der Waals surface area contributed by atoms with Gasteiger partial charge in [0.15, 0.2) is 0 Å². The highest BCUT2D eigenvalue weighted by Crippen LogP contribution is 2.49. The summed E-state index contributed by atoms with van der Waals surface area (Å²) in [4.78, 5) is 0. The fourth-order valence-electron chi connectivity index (χ4n) is 4.10. The Hall–Kier alpha value is -2.00. The second-order valence-electron chi connectivity index (χ2n) is 7.32. The molecule has 26 heavy (non-hydrogen) atoms. The maximum atomic E-state index is 9.87. The zero-order valence-electron chi connectivity index (χ0n) is 16.3.